The second-order valence-corrected chi connectivity index (χ2v) is 6.44. The molecule has 0 fully saturated rings. The van der Waals surface area contributed by atoms with Crippen LogP contribution in [0.5, 0.6) is 0 Å². The summed E-state index contributed by atoms with van der Waals surface area (Å²) in [6, 6.07) is 3.89. The van der Waals surface area contributed by atoms with Crippen LogP contribution in [0.25, 0.3) is 0 Å². The summed E-state index contributed by atoms with van der Waals surface area (Å²) in [6.45, 7) is 3.91. The smallest absolute Gasteiger partial charge is 0.261 e. The molecule has 20 heavy (non-hydrogen) atoms. The molecule has 0 spiro atoms. The highest BCUT2D eigenvalue weighted by atomic mass is 32.1. The van der Waals surface area contributed by atoms with Crippen LogP contribution in [0, 0.1) is 13.8 Å². The van der Waals surface area contributed by atoms with E-state index in [4.69, 9.17) is 0 Å². The second kappa shape index (κ2) is 5.32. The number of hydrogen-bond donors (Lipinski definition) is 1. The van der Waals surface area contributed by atoms with E-state index in [2.05, 4.69) is 15.3 Å². The number of hydrogen-bond acceptors (Lipinski definition) is 4. The summed E-state index contributed by atoms with van der Waals surface area (Å²) in [4.78, 5) is 22.9. The molecule has 2 aromatic rings. The summed E-state index contributed by atoms with van der Waals surface area (Å²) in [5.41, 5.74) is 2.15. The summed E-state index contributed by atoms with van der Waals surface area (Å²) >= 11 is 1.52. The van der Waals surface area contributed by atoms with Crippen LogP contribution in [0.4, 0.5) is 0 Å². The average Bonchev–Trinajstić information content (AvgIpc) is 2.85. The zero-order chi connectivity index (χ0) is 14.1. The topological polar surface area (TPSA) is 54.9 Å². The number of rotatable bonds is 2. The van der Waals surface area contributed by atoms with Gasteiger partial charge >= 0.3 is 0 Å². The minimum absolute atomic E-state index is 0.00141. The Morgan fingerprint density at radius 2 is 2.25 bits per heavy atom. The number of fused-ring (bicyclic) bond motifs is 1. The Hall–Kier alpha value is -1.75. The lowest BCUT2D eigenvalue weighted by molar-refractivity contribution is 0.0936. The predicted octanol–water partition coefficient (Wildman–Crippen LogP) is 2.96. The zero-order valence-electron chi connectivity index (χ0n) is 11.6. The monoisotopic (exact) mass is 287 g/mol. The summed E-state index contributed by atoms with van der Waals surface area (Å²) in [6.07, 6.45) is 4.85. The van der Waals surface area contributed by atoms with Gasteiger partial charge in [0.2, 0.25) is 0 Å². The molecule has 4 nitrogen and oxygen atoms in total. The molecular formula is C15H17N3OS. The van der Waals surface area contributed by atoms with Crippen LogP contribution in [0.3, 0.4) is 0 Å². The van der Waals surface area contributed by atoms with E-state index in [1.54, 1.807) is 0 Å². The number of aromatic nitrogens is 2. The lowest BCUT2D eigenvalue weighted by Gasteiger charge is -2.25. The van der Waals surface area contributed by atoms with Crippen molar-refractivity contribution in [3.8, 4) is 0 Å². The molecule has 1 amide bonds. The summed E-state index contributed by atoms with van der Waals surface area (Å²) < 4.78 is 0. The van der Waals surface area contributed by atoms with Crippen molar-refractivity contribution < 1.29 is 4.79 Å². The molecule has 104 valence electrons. The molecule has 1 aliphatic rings. The highest BCUT2D eigenvalue weighted by Crippen LogP contribution is 2.28. The maximum Gasteiger partial charge on any atom is 0.261 e. The van der Waals surface area contributed by atoms with Crippen molar-refractivity contribution >= 4 is 17.2 Å². The number of carbonyl (C=O) groups is 1. The second-order valence-electron chi connectivity index (χ2n) is 5.15. The molecule has 5 heteroatoms. The first-order valence-corrected chi connectivity index (χ1v) is 7.65. The van der Waals surface area contributed by atoms with Gasteiger partial charge in [0.05, 0.1) is 10.9 Å². The van der Waals surface area contributed by atoms with Gasteiger partial charge in [-0.05, 0) is 45.2 Å². The largest absolute Gasteiger partial charge is 0.344 e. The van der Waals surface area contributed by atoms with Crippen LogP contribution >= 0.6 is 11.3 Å². The fraction of sp³-hybridized carbons (Fsp3) is 0.400. The van der Waals surface area contributed by atoms with E-state index in [-0.39, 0.29) is 11.9 Å². The van der Waals surface area contributed by atoms with Gasteiger partial charge in [-0.15, -0.1) is 11.3 Å². The Bertz CT molecular complexity index is 650. The standard InChI is InChI=1S/C15H17N3OS/c1-9-6-7-14(20-9)15(19)18-13-5-3-4-12-11(13)8-16-10(2)17-12/h6-8,13H,3-5H2,1-2H3,(H,18,19). The predicted molar refractivity (Wildman–Crippen MR) is 79.0 cm³/mol. The molecule has 1 aliphatic carbocycles. The van der Waals surface area contributed by atoms with Gasteiger partial charge in [0, 0.05) is 22.3 Å². The number of amides is 1. The van der Waals surface area contributed by atoms with Crippen LogP contribution in [0.15, 0.2) is 18.3 Å². The van der Waals surface area contributed by atoms with Gasteiger partial charge in [0.15, 0.2) is 0 Å². The van der Waals surface area contributed by atoms with Crippen molar-refractivity contribution in [1.29, 1.82) is 0 Å². The Morgan fingerprint density at radius 1 is 1.40 bits per heavy atom. The summed E-state index contributed by atoms with van der Waals surface area (Å²) in [5.74, 6) is 0.797. The Kier molecular flexibility index (Phi) is 3.53. The van der Waals surface area contributed by atoms with Crippen molar-refractivity contribution in [2.45, 2.75) is 39.2 Å². The molecule has 0 saturated heterocycles. The van der Waals surface area contributed by atoms with Crippen LogP contribution < -0.4 is 5.32 Å². The van der Waals surface area contributed by atoms with Crippen LogP contribution in [0.1, 0.15) is 50.5 Å². The van der Waals surface area contributed by atoms with Crippen molar-refractivity contribution in [2.24, 2.45) is 0 Å². The zero-order valence-corrected chi connectivity index (χ0v) is 12.5. The van der Waals surface area contributed by atoms with Crippen molar-refractivity contribution in [3.63, 3.8) is 0 Å². The van der Waals surface area contributed by atoms with Crippen molar-refractivity contribution in [1.82, 2.24) is 15.3 Å². The average molecular weight is 287 g/mol. The normalized spacial score (nSPS) is 17.6. The summed E-state index contributed by atoms with van der Waals surface area (Å²) in [7, 11) is 0. The molecule has 2 heterocycles. The van der Waals surface area contributed by atoms with Crippen LogP contribution in [-0.4, -0.2) is 15.9 Å². The third kappa shape index (κ3) is 2.58. The first-order chi connectivity index (χ1) is 9.63. The Morgan fingerprint density at radius 3 is 3.00 bits per heavy atom. The molecule has 2 aromatic heterocycles. The summed E-state index contributed by atoms with van der Waals surface area (Å²) in [5, 5.41) is 3.12. The highest BCUT2D eigenvalue weighted by Gasteiger charge is 2.24. The first kappa shape index (κ1) is 13.2. The maximum atomic E-state index is 12.3. The van der Waals surface area contributed by atoms with Gasteiger partial charge in [-0.2, -0.15) is 0 Å². The number of aryl methyl sites for hydroxylation is 3. The molecular weight excluding hydrogens is 270 g/mol. The fourth-order valence-electron chi connectivity index (χ4n) is 2.58. The molecule has 0 aliphatic heterocycles. The first-order valence-electron chi connectivity index (χ1n) is 6.83. The SMILES string of the molecule is Cc1ncc2c(n1)CCCC2NC(=O)c1ccc(C)s1. The Balaban J connectivity index is 1.81. The van der Waals surface area contributed by atoms with Gasteiger partial charge in [-0.3, -0.25) is 4.79 Å². The number of carbonyl (C=O) groups excluding carboxylic acids is 1. The lowest BCUT2D eigenvalue weighted by atomic mass is 9.92. The van der Waals surface area contributed by atoms with Gasteiger partial charge in [0.1, 0.15) is 5.82 Å². The lowest BCUT2D eigenvalue weighted by Crippen LogP contribution is -2.31. The quantitative estimate of drug-likeness (QED) is 0.924. The van der Waals surface area contributed by atoms with E-state index in [0.29, 0.717) is 0 Å². The minimum atomic E-state index is 0.00141. The number of nitrogens with zero attached hydrogens (tertiary/aromatic N) is 2. The third-order valence-corrected chi connectivity index (χ3v) is 4.57. The van der Waals surface area contributed by atoms with E-state index in [1.807, 2.05) is 32.2 Å². The molecule has 3 rings (SSSR count). The molecule has 1 atom stereocenters. The van der Waals surface area contributed by atoms with Gasteiger partial charge in [-0.25, -0.2) is 9.97 Å². The number of thiophene rings is 1. The van der Waals surface area contributed by atoms with Crippen LogP contribution in [0.2, 0.25) is 0 Å². The van der Waals surface area contributed by atoms with Crippen molar-refractivity contribution in [3.05, 3.63) is 45.2 Å². The van der Waals surface area contributed by atoms with Gasteiger partial charge in [0.25, 0.3) is 5.91 Å². The van der Waals surface area contributed by atoms with E-state index in [9.17, 15) is 4.79 Å². The number of nitrogens with one attached hydrogen (secondary N) is 1. The molecule has 1 unspecified atom stereocenters. The van der Waals surface area contributed by atoms with E-state index < -0.39 is 0 Å². The molecule has 1 N–H and O–H groups in total. The fourth-order valence-corrected chi connectivity index (χ4v) is 3.35. The van der Waals surface area contributed by atoms with E-state index in [1.165, 1.54) is 11.3 Å². The van der Waals surface area contributed by atoms with Crippen LogP contribution in [-0.2, 0) is 6.42 Å². The van der Waals surface area contributed by atoms with Crippen molar-refractivity contribution in [2.75, 3.05) is 0 Å². The third-order valence-electron chi connectivity index (χ3n) is 3.57. The molecule has 0 aromatic carbocycles. The van der Waals surface area contributed by atoms with Gasteiger partial charge < -0.3 is 5.32 Å². The maximum absolute atomic E-state index is 12.3. The molecule has 0 saturated carbocycles. The molecule has 0 radical (unpaired) electrons. The highest BCUT2D eigenvalue weighted by molar-refractivity contribution is 7.13. The van der Waals surface area contributed by atoms with E-state index >= 15 is 0 Å². The molecule has 0 bridgehead atoms. The Labute approximate surface area is 122 Å². The van der Waals surface area contributed by atoms with E-state index in [0.717, 1.165) is 46.1 Å². The minimum Gasteiger partial charge on any atom is -0.344 e. The van der Waals surface area contributed by atoms with Gasteiger partial charge in [-0.1, -0.05) is 0 Å².